The summed E-state index contributed by atoms with van der Waals surface area (Å²) < 4.78 is 13.7. The highest BCUT2D eigenvalue weighted by Gasteiger charge is 2.35. The molecule has 1 aromatic carbocycles. The van der Waals surface area contributed by atoms with Gasteiger partial charge in [-0.2, -0.15) is 0 Å². The zero-order valence-electron chi connectivity index (χ0n) is 16.7. The van der Waals surface area contributed by atoms with Crippen LogP contribution < -0.4 is 14.9 Å². The fourth-order valence-electron chi connectivity index (χ4n) is 4.17. The van der Waals surface area contributed by atoms with Gasteiger partial charge in [0.15, 0.2) is 16.9 Å². The predicted molar refractivity (Wildman–Crippen MR) is 106 cm³/mol. The van der Waals surface area contributed by atoms with E-state index in [1.54, 1.807) is 6.92 Å². The van der Waals surface area contributed by atoms with Crippen LogP contribution in [-0.2, 0) is 6.42 Å². The molecular weight excluding hydrogens is 358 g/mol. The Morgan fingerprint density at radius 1 is 1.18 bits per heavy atom. The minimum atomic E-state index is -1.19. The summed E-state index contributed by atoms with van der Waals surface area (Å²) in [6.45, 7) is 9.29. The fourth-order valence-corrected chi connectivity index (χ4v) is 4.17. The van der Waals surface area contributed by atoms with E-state index in [4.69, 9.17) is 9.47 Å². The summed E-state index contributed by atoms with van der Waals surface area (Å²) >= 11 is 0. The number of ether oxygens (including phenoxy) is 2. The number of rotatable bonds is 1. The minimum absolute atomic E-state index is 0.0112. The van der Waals surface area contributed by atoms with E-state index in [0.717, 1.165) is 35.4 Å². The predicted octanol–water partition coefficient (Wildman–Crippen LogP) is 3.83. The van der Waals surface area contributed by atoms with Crippen LogP contribution in [0.15, 0.2) is 23.1 Å². The van der Waals surface area contributed by atoms with Gasteiger partial charge in [-0.05, 0) is 36.5 Å². The number of benzene rings is 1. The first kappa shape index (κ1) is 18.6. The number of pyridine rings is 1. The average molecular weight is 383 g/mol. The van der Waals surface area contributed by atoms with Gasteiger partial charge >= 0.3 is 5.97 Å². The molecule has 1 unspecified atom stereocenters. The molecule has 2 aliphatic rings. The van der Waals surface area contributed by atoms with E-state index >= 15 is 0 Å². The Bertz CT molecular complexity index is 1030. The zero-order valence-corrected chi connectivity index (χ0v) is 16.7. The highest BCUT2D eigenvalue weighted by atomic mass is 16.5. The van der Waals surface area contributed by atoms with E-state index in [1.165, 1.54) is 6.20 Å². The van der Waals surface area contributed by atoms with Crippen molar-refractivity contribution in [2.45, 2.75) is 46.6 Å². The summed E-state index contributed by atoms with van der Waals surface area (Å²) in [5, 5.41) is 9.52. The molecule has 2 aliphatic heterocycles. The van der Waals surface area contributed by atoms with Crippen molar-refractivity contribution in [3.63, 3.8) is 0 Å². The van der Waals surface area contributed by atoms with Gasteiger partial charge in [-0.15, -0.1) is 0 Å². The Morgan fingerprint density at radius 3 is 2.43 bits per heavy atom. The summed E-state index contributed by atoms with van der Waals surface area (Å²) in [5.41, 5.74) is 2.47. The molecule has 0 saturated heterocycles. The molecule has 1 aromatic heterocycles. The SMILES string of the molecule is Cc1c2n(cc(C(=O)O)c1=O)C(C(C)(C)C)Cc1cc3c(cc1-2)OCCCO3. The Hall–Kier alpha value is -2.76. The molecule has 4 rings (SSSR count). The van der Waals surface area contributed by atoms with Crippen LogP contribution in [0.2, 0.25) is 0 Å². The maximum atomic E-state index is 12.7. The van der Waals surface area contributed by atoms with Gasteiger partial charge in [-0.25, -0.2) is 4.79 Å². The van der Waals surface area contributed by atoms with Crippen LogP contribution >= 0.6 is 0 Å². The lowest BCUT2D eigenvalue weighted by Gasteiger charge is -2.39. The Morgan fingerprint density at radius 2 is 1.82 bits per heavy atom. The lowest BCUT2D eigenvalue weighted by atomic mass is 9.78. The number of aromatic nitrogens is 1. The Kier molecular flexibility index (Phi) is 4.25. The molecule has 6 heteroatoms. The van der Waals surface area contributed by atoms with Gasteiger partial charge in [0.05, 0.1) is 18.9 Å². The van der Waals surface area contributed by atoms with Gasteiger partial charge in [-0.1, -0.05) is 20.8 Å². The maximum absolute atomic E-state index is 12.7. The quantitative estimate of drug-likeness (QED) is 0.810. The third-order valence-corrected chi connectivity index (χ3v) is 5.67. The highest BCUT2D eigenvalue weighted by molar-refractivity contribution is 5.88. The first-order chi connectivity index (χ1) is 13.2. The van der Waals surface area contributed by atoms with Gasteiger partial charge in [0, 0.05) is 29.8 Å². The van der Waals surface area contributed by atoms with Crippen LogP contribution in [0.3, 0.4) is 0 Å². The smallest absolute Gasteiger partial charge is 0.341 e. The lowest BCUT2D eigenvalue weighted by molar-refractivity contribution is 0.0693. The molecule has 6 nitrogen and oxygen atoms in total. The second-order valence-corrected chi connectivity index (χ2v) is 8.65. The largest absolute Gasteiger partial charge is 0.490 e. The average Bonchev–Trinajstić information content (AvgIpc) is 2.85. The van der Waals surface area contributed by atoms with Crippen molar-refractivity contribution in [2.24, 2.45) is 5.41 Å². The molecule has 0 amide bonds. The molecule has 0 bridgehead atoms. The first-order valence-corrected chi connectivity index (χ1v) is 9.60. The van der Waals surface area contributed by atoms with E-state index in [2.05, 4.69) is 20.8 Å². The van der Waals surface area contributed by atoms with Crippen molar-refractivity contribution in [1.82, 2.24) is 4.57 Å². The van der Waals surface area contributed by atoms with Gasteiger partial charge < -0.3 is 19.1 Å². The number of nitrogens with zero attached hydrogens (tertiary/aromatic N) is 1. The van der Waals surface area contributed by atoms with Crippen molar-refractivity contribution in [3.05, 3.63) is 45.2 Å². The number of carboxylic acid groups (broad SMARTS) is 1. The topological polar surface area (TPSA) is 77.8 Å². The van der Waals surface area contributed by atoms with Crippen molar-refractivity contribution < 1.29 is 19.4 Å². The summed E-state index contributed by atoms with van der Waals surface area (Å²) in [4.78, 5) is 24.4. The van der Waals surface area contributed by atoms with Crippen LogP contribution in [0, 0.1) is 12.3 Å². The maximum Gasteiger partial charge on any atom is 0.341 e. The summed E-state index contributed by atoms with van der Waals surface area (Å²) in [5.74, 6) is 0.214. The monoisotopic (exact) mass is 383 g/mol. The number of carbonyl (C=O) groups is 1. The van der Waals surface area contributed by atoms with Crippen molar-refractivity contribution >= 4 is 5.97 Å². The molecule has 1 atom stereocenters. The third-order valence-electron chi connectivity index (χ3n) is 5.67. The number of aromatic carboxylic acids is 1. The molecule has 148 valence electrons. The number of hydrogen-bond donors (Lipinski definition) is 1. The van der Waals surface area contributed by atoms with E-state index in [1.807, 2.05) is 16.7 Å². The second-order valence-electron chi connectivity index (χ2n) is 8.65. The highest BCUT2D eigenvalue weighted by Crippen LogP contribution is 2.46. The van der Waals surface area contributed by atoms with Crippen LogP contribution in [0.1, 0.15) is 54.7 Å². The second kappa shape index (κ2) is 6.40. The van der Waals surface area contributed by atoms with Crippen LogP contribution in [0.25, 0.3) is 11.3 Å². The normalized spacial score (nSPS) is 18.1. The van der Waals surface area contributed by atoms with Crippen molar-refractivity contribution in [2.75, 3.05) is 13.2 Å². The molecule has 0 fully saturated rings. The number of carboxylic acids is 1. The lowest BCUT2D eigenvalue weighted by Crippen LogP contribution is -2.34. The van der Waals surface area contributed by atoms with Crippen molar-refractivity contribution in [1.29, 1.82) is 0 Å². The number of hydrogen-bond acceptors (Lipinski definition) is 4. The van der Waals surface area contributed by atoms with Gasteiger partial charge in [0.25, 0.3) is 0 Å². The Labute approximate surface area is 163 Å². The molecule has 28 heavy (non-hydrogen) atoms. The third kappa shape index (κ3) is 2.87. The van der Waals surface area contributed by atoms with E-state index < -0.39 is 11.4 Å². The first-order valence-electron chi connectivity index (χ1n) is 9.60. The molecule has 0 spiro atoms. The molecule has 0 radical (unpaired) electrons. The fraction of sp³-hybridized carbons (Fsp3) is 0.455. The minimum Gasteiger partial charge on any atom is -0.490 e. The summed E-state index contributed by atoms with van der Waals surface area (Å²) in [6.07, 6.45) is 3.06. The summed E-state index contributed by atoms with van der Waals surface area (Å²) in [7, 11) is 0. The standard InChI is InChI=1S/C22H25NO5/c1-12-19-14-10-17-16(27-6-5-7-28-17)8-13(14)9-18(22(2,3)4)23(19)11-15(20(12)24)21(25)26/h8,10-11,18H,5-7,9H2,1-4H3,(H,25,26). The Balaban J connectivity index is 2.03. The molecule has 2 aromatic rings. The molecule has 0 aliphatic carbocycles. The van der Waals surface area contributed by atoms with Gasteiger partial charge in [-0.3, -0.25) is 4.79 Å². The molecule has 1 N–H and O–H groups in total. The van der Waals surface area contributed by atoms with Gasteiger partial charge in [0.1, 0.15) is 5.56 Å². The van der Waals surface area contributed by atoms with E-state index in [9.17, 15) is 14.7 Å². The van der Waals surface area contributed by atoms with E-state index in [-0.39, 0.29) is 17.0 Å². The van der Waals surface area contributed by atoms with Crippen LogP contribution in [0.5, 0.6) is 11.5 Å². The molecule has 0 saturated carbocycles. The van der Waals surface area contributed by atoms with Gasteiger partial charge in [0.2, 0.25) is 0 Å². The van der Waals surface area contributed by atoms with Crippen LogP contribution in [0.4, 0.5) is 0 Å². The summed E-state index contributed by atoms with van der Waals surface area (Å²) in [6, 6.07) is 3.97. The zero-order chi connectivity index (χ0) is 20.2. The van der Waals surface area contributed by atoms with Crippen molar-refractivity contribution in [3.8, 4) is 22.8 Å². The van der Waals surface area contributed by atoms with E-state index in [0.29, 0.717) is 24.5 Å². The molecule has 3 heterocycles. The number of fused-ring (bicyclic) bond motifs is 4. The van der Waals surface area contributed by atoms with Crippen LogP contribution in [-0.4, -0.2) is 28.9 Å². The molecular formula is C22H25NO5.